The number of rotatable bonds is 2. The molecule has 0 heterocycles. The van der Waals surface area contributed by atoms with Crippen molar-refractivity contribution in [3.63, 3.8) is 0 Å². The molecule has 0 unspecified atom stereocenters. The van der Waals surface area contributed by atoms with Crippen LogP contribution in [0.25, 0.3) is 0 Å². The van der Waals surface area contributed by atoms with E-state index in [9.17, 15) is 0 Å². The number of halogens is 2. The molecule has 0 aliphatic rings. The maximum absolute atomic E-state index is 5.45. The van der Waals surface area contributed by atoms with Gasteiger partial charge in [-0.05, 0) is 0 Å². The molecule has 0 bridgehead atoms. The van der Waals surface area contributed by atoms with Gasteiger partial charge in [0, 0.05) is 0 Å². The predicted molar refractivity (Wildman–Crippen MR) is 25.7 cm³/mol. The van der Waals surface area contributed by atoms with E-state index in [0.717, 1.165) is 0 Å². The fourth-order valence-corrected chi connectivity index (χ4v) is 0.682. The van der Waals surface area contributed by atoms with Gasteiger partial charge < -0.3 is 0 Å². The van der Waals surface area contributed by atoms with Crippen LogP contribution in [-0.4, -0.2) is 14.2 Å². The summed E-state index contributed by atoms with van der Waals surface area (Å²) in [5.41, 5.74) is 0. The minimum absolute atomic E-state index is 1.45. The Balaban J connectivity index is 3.36. The second-order valence-electron chi connectivity index (χ2n) is 0.872. The van der Waals surface area contributed by atoms with Gasteiger partial charge in [0.05, 0.1) is 0 Å². The van der Waals surface area contributed by atoms with Gasteiger partial charge in [-0.25, -0.2) is 0 Å². The van der Waals surface area contributed by atoms with E-state index >= 15 is 0 Å². The quantitative estimate of drug-likeness (QED) is 0.721. The Morgan fingerprint density at radius 1 is 1.14 bits per heavy atom. The van der Waals surface area contributed by atoms with Crippen molar-refractivity contribution in [3.05, 3.63) is 0 Å². The van der Waals surface area contributed by atoms with Crippen molar-refractivity contribution < 1.29 is 24.2 Å². The molecule has 0 fully saturated rings. The fraction of sp³-hybridized carbons (Fsp3) is 1.00. The Kier molecular flexibility index (Phi) is 4.07. The zero-order valence-electron chi connectivity index (χ0n) is 4.07. The molecular weight excluding hydrogens is 305 g/mol. The predicted octanol–water partition coefficient (Wildman–Crippen LogP) is 1.57. The van der Waals surface area contributed by atoms with Gasteiger partial charge in [0.25, 0.3) is 0 Å². The first-order chi connectivity index (χ1) is 3.12. The van der Waals surface area contributed by atoms with E-state index in [-0.39, 0.29) is 0 Å². The van der Waals surface area contributed by atoms with Gasteiger partial charge >= 0.3 is 55.6 Å². The van der Waals surface area contributed by atoms with Crippen LogP contribution in [0.3, 0.4) is 0 Å². The summed E-state index contributed by atoms with van der Waals surface area (Å²) in [6.45, 7) is 0. The molecule has 0 aliphatic carbocycles. The van der Waals surface area contributed by atoms with Crippen molar-refractivity contribution in [3.8, 4) is 0 Å². The Hall–Kier alpha value is 1.37. The molecule has 7 heavy (non-hydrogen) atoms. The van der Waals surface area contributed by atoms with Crippen molar-refractivity contribution in [2.24, 2.45) is 0 Å². The van der Waals surface area contributed by atoms with Crippen molar-refractivity contribution in [2.45, 2.75) is 0 Å². The molecule has 0 aromatic heterocycles. The first-order valence-electron chi connectivity index (χ1n) is 1.60. The Bertz CT molecular complexity index is 51.7. The summed E-state index contributed by atoms with van der Waals surface area (Å²) in [5.74, 6) is 0. The molecule has 2 nitrogen and oxygen atoms in total. The van der Waals surface area contributed by atoms with Crippen LogP contribution >= 0.6 is 17.2 Å². The summed E-state index contributed by atoms with van der Waals surface area (Å²) in [7, 11) is 13.8. The van der Waals surface area contributed by atoms with Gasteiger partial charge in [-0.2, -0.15) is 0 Å². The standard InChI is InChI=1S/2CH3O.2ClH.Hf/c2*1-2;;;/h2*1H3;2*1H;/q2*-1;;;+4/p-2. The van der Waals surface area contributed by atoms with Gasteiger partial charge in [0.2, 0.25) is 0 Å². The monoisotopic (exact) mass is 312 g/mol. The van der Waals surface area contributed by atoms with Crippen molar-refractivity contribution in [2.75, 3.05) is 14.2 Å². The van der Waals surface area contributed by atoms with E-state index in [1.165, 1.54) is 14.2 Å². The molecule has 0 atom stereocenters. The SMILES string of the molecule is C[O][Hf]([Cl])([Cl])[O]C. The molecule has 0 amide bonds. The molecule has 0 aromatic rings. The van der Waals surface area contributed by atoms with Crippen LogP contribution in [0.4, 0.5) is 0 Å². The third-order valence-electron chi connectivity index (χ3n) is 0.475. The van der Waals surface area contributed by atoms with E-state index in [1.54, 1.807) is 0 Å². The van der Waals surface area contributed by atoms with E-state index in [1.807, 2.05) is 0 Å². The summed E-state index contributed by atoms with van der Waals surface area (Å²) >= 11 is -3.45. The van der Waals surface area contributed by atoms with Crippen LogP contribution in [0.15, 0.2) is 0 Å². The zero-order valence-corrected chi connectivity index (χ0v) is 9.18. The molecule has 0 saturated heterocycles. The zero-order chi connectivity index (χ0) is 5.91. The molecule has 0 rings (SSSR count). The van der Waals surface area contributed by atoms with Gasteiger partial charge in [0.15, 0.2) is 0 Å². The van der Waals surface area contributed by atoms with E-state index < -0.39 is 18.5 Å². The van der Waals surface area contributed by atoms with E-state index in [4.69, 9.17) is 17.2 Å². The Morgan fingerprint density at radius 2 is 1.43 bits per heavy atom. The third-order valence-corrected chi connectivity index (χ3v) is 8.94. The van der Waals surface area contributed by atoms with Gasteiger partial charge in [-0.15, -0.1) is 0 Å². The number of hydrogen-bond acceptors (Lipinski definition) is 2. The van der Waals surface area contributed by atoms with Gasteiger partial charge in [-0.3, -0.25) is 0 Å². The topological polar surface area (TPSA) is 18.5 Å². The van der Waals surface area contributed by atoms with Crippen molar-refractivity contribution in [1.29, 1.82) is 0 Å². The maximum atomic E-state index is 5.45. The summed E-state index contributed by atoms with van der Waals surface area (Å²) in [4.78, 5) is 0. The molecule has 5 heteroatoms. The Labute approximate surface area is 55.4 Å². The second kappa shape index (κ2) is 3.41. The summed E-state index contributed by atoms with van der Waals surface area (Å²) in [6.07, 6.45) is 0. The average Bonchev–Trinajstić information content (AvgIpc) is 1.68. The first kappa shape index (κ1) is 8.37. The molecule has 44 valence electrons. The van der Waals surface area contributed by atoms with Gasteiger partial charge in [0.1, 0.15) is 0 Å². The molecule has 0 saturated carbocycles. The van der Waals surface area contributed by atoms with Crippen LogP contribution < -0.4 is 0 Å². The van der Waals surface area contributed by atoms with Crippen LogP contribution in [0.1, 0.15) is 0 Å². The minimum atomic E-state index is -3.45. The molecule has 0 aliphatic heterocycles. The molecule has 0 aromatic carbocycles. The van der Waals surface area contributed by atoms with Crippen molar-refractivity contribution in [1.82, 2.24) is 0 Å². The summed E-state index contributed by atoms with van der Waals surface area (Å²) in [5, 5.41) is 0. The van der Waals surface area contributed by atoms with E-state index in [0.29, 0.717) is 0 Å². The van der Waals surface area contributed by atoms with Crippen LogP contribution in [0.5, 0.6) is 0 Å². The molecular formula is C2H6Cl2HfO2. The molecule has 0 N–H and O–H groups in total. The fourth-order valence-electron chi connectivity index (χ4n) is 0.0833. The van der Waals surface area contributed by atoms with Crippen LogP contribution in [-0.2, 0) is 24.2 Å². The Morgan fingerprint density at radius 3 is 1.43 bits per heavy atom. The normalized spacial score (nSPS) is 12.0. The molecule has 0 radical (unpaired) electrons. The average molecular weight is 311 g/mol. The van der Waals surface area contributed by atoms with E-state index in [2.05, 4.69) is 5.71 Å². The van der Waals surface area contributed by atoms with Gasteiger partial charge in [-0.1, -0.05) is 0 Å². The third kappa shape index (κ3) is 3.91. The summed E-state index contributed by atoms with van der Waals surface area (Å²) < 4.78 is 9.24. The first-order valence-corrected chi connectivity index (χ1v) is 13.4. The van der Waals surface area contributed by atoms with Crippen LogP contribution in [0, 0.1) is 0 Å². The molecule has 0 spiro atoms. The van der Waals surface area contributed by atoms with Crippen molar-refractivity contribution >= 4 is 17.2 Å². The number of hydrogen-bond donors (Lipinski definition) is 0. The summed E-state index contributed by atoms with van der Waals surface area (Å²) in [6, 6.07) is 0. The van der Waals surface area contributed by atoms with Crippen LogP contribution in [0.2, 0.25) is 0 Å². The second-order valence-corrected chi connectivity index (χ2v) is 16.9.